The molecule has 108 valence electrons. The number of nitrogens with two attached hydrogens (primary N) is 1. The highest BCUT2D eigenvalue weighted by Crippen LogP contribution is 2.23. The molecule has 19 heavy (non-hydrogen) atoms. The Hall–Kier alpha value is -0.130. The van der Waals surface area contributed by atoms with Crippen molar-refractivity contribution in [1.29, 1.82) is 0 Å². The summed E-state index contributed by atoms with van der Waals surface area (Å²) in [7, 11) is 0. The fourth-order valence-corrected chi connectivity index (χ4v) is 2.87. The Morgan fingerprint density at radius 2 is 2.16 bits per heavy atom. The van der Waals surface area contributed by atoms with E-state index in [0.29, 0.717) is 6.61 Å². The van der Waals surface area contributed by atoms with Crippen molar-refractivity contribution in [3.05, 3.63) is 33.3 Å². The minimum absolute atomic E-state index is 0.0681. The van der Waals surface area contributed by atoms with Gasteiger partial charge in [-0.3, -0.25) is 11.3 Å². The van der Waals surface area contributed by atoms with Gasteiger partial charge in [0.05, 0.1) is 12.1 Å². The average Bonchev–Trinajstić information content (AvgIpc) is 2.38. The Balaban J connectivity index is 2.78. The molecule has 0 aliphatic heterocycles. The van der Waals surface area contributed by atoms with E-state index >= 15 is 0 Å². The normalized spacial score (nSPS) is 14.4. The standard InChI is InChI=1S/C14H22BrClN2O/c1-3-5-14(19-4-2)13(18-17)8-10-6-7-11(15)9-12(10)16/h6-7,9,13-14,18H,3-5,8,17H2,1-2H3. The molecule has 0 amide bonds. The summed E-state index contributed by atoms with van der Waals surface area (Å²) >= 11 is 9.66. The van der Waals surface area contributed by atoms with Crippen LogP contribution in [0.1, 0.15) is 32.3 Å². The molecule has 3 nitrogen and oxygen atoms in total. The van der Waals surface area contributed by atoms with Crippen LogP contribution >= 0.6 is 27.5 Å². The highest BCUT2D eigenvalue weighted by atomic mass is 79.9. The van der Waals surface area contributed by atoms with Gasteiger partial charge in [-0.15, -0.1) is 0 Å². The van der Waals surface area contributed by atoms with Crippen molar-refractivity contribution in [3.63, 3.8) is 0 Å². The van der Waals surface area contributed by atoms with Crippen molar-refractivity contribution in [2.45, 2.75) is 45.3 Å². The number of benzene rings is 1. The largest absolute Gasteiger partial charge is 0.377 e. The molecule has 0 spiro atoms. The van der Waals surface area contributed by atoms with Crippen molar-refractivity contribution in [3.8, 4) is 0 Å². The van der Waals surface area contributed by atoms with Crippen molar-refractivity contribution >= 4 is 27.5 Å². The fraction of sp³-hybridized carbons (Fsp3) is 0.571. The SMILES string of the molecule is CCCC(OCC)C(Cc1ccc(Br)cc1Cl)NN. The van der Waals surface area contributed by atoms with Gasteiger partial charge in [0.15, 0.2) is 0 Å². The number of hydrazine groups is 1. The van der Waals surface area contributed by atoms with Gasteiger partial charge >= 0.3 is 0 Å². The van der Waals surface area contributed by atoms with Crippen LogP contribution < -0.4 is 11.3 Å². The van der Waals surface area contributed by atoms with E-state index in [1.54, 1.807) is 0 Å². The molecule has 5 heteroatoms. The van der Waals surface area contributed by atoms with E-state index in [0.717, 1.165) is 34.3 Å². The lowest BCUT2D eigenvalue weighted by atomic mass is 9.98. The summed E-state index contributed by atoms with van der Waals surface area (Å²) in [6, 6.07) is 5.98. The zero-order chi connectivity index (χ0) is 14.3. The molecule has 2 unspecified atom stereocenters. The molecular formula is C14H22BrClN2O. The van der Waals surface area contributed by atoms with Crippen LogP contribution in [-0.4, -0.2) is 18.8 Å². The Kier molecular flexibility index (Phi) is 7.95. The van der Waals surface area contributed by atoms with E-state index in [2.05, 4.69) is 28.3 Å². The van der Waals surface area contributed by atoms with Gasteiger partial charge in [0.25, 0.3) is 0 Å². The molecule has 0 heterocycles. The maximum absolute atomic E-state index is 6.25. The smallest absolute Gasteiger partial charge is 0.0744 e. The quantitative estimate of drug-likeness (QED) is 0.556. The molecular weight excluding hydrogens is 328 g/mol. The molecule has 0 aromatic heterocycles. The van der Waals surface area contributed by atoms with Crippen LogP contribution in [0.25, 0.3) is 0 Å². The van der Waals surface area contributed by atoms with E-state index in [1.165, 1.54) is 0 Å². The minimum Gasteiger partial charge on any atom is -0.377 e. The maximum Gasteiger partial charge on any atom is 0.0744 e. The lowest BCUT2D eigenvalue weighted by molar-refractivity contribution is 0.0281. The first-order chi connectivity index (χ1) is 9.12. The van der Waals surface area contributed by atoms with Gasteiger partial charge in [-0.1, -0.05) is 46.9 Å². The van der Waals surface area contributed by atoms with E-state index in [1.807, 2.05) is 25.1 Å². The van der Waals surface area contributed by atoms with Crippen molar-refractivity contribution in [2.24, 2.45) is 5.84 Å². The topological polar surface area (TPSA) is 47.3 Å². The number of hydrogen-bond donors (Lipinski definition) is 2. The van der Waals surface area contributed by atoms with Gasteiger partial charge < -0.3 is 4.74 Å². The Morgan fingerprint density at radius 3 is 2.68 bits per heavy atom. The highest BCUT2D eigenvalue weighted by Gasteiger charge is 2.21. The van der Waals surface area contributed by atoms with Crippen LogP contribution in [0, 0.1) is 0 Å². The predicted octanol–water partition coefficient (Wildman–Crippen LogP) is 3.68. The second-order valence-electron chi connectivity index (χ2n) is 4.50. The Bertz CT molecular complexity index is 384. The van der Waals surface area contributed by atoms with Crippen LogP contribution in [-0.2, 0) is 11.2 Å². The van der Waals surface area contributed by atoms with Crippen molar-refractivity contribution < 1.29 is 4.74 Å². The molecule has 3 N–H and O–H groups in total. The third-order valence-corrected chi connectivity index (χ3v) is 3.92. The zero-order valence-electron chi connectivity index (χ0n) is 11.5. The minimum atomic E-state index is 0.0681. The third-order valence-electron chi connectivity index (χ3n) is 3.07. The summed E-state index contributed by atoms with van der Waals surface area (Å²) in [4.78, 5) is 0. The lowest BCUT2D eigenvalue weighted by Gasteiger charge is -2.26. The lowest BCUT2D eigenvalue weighted by Crippen LogP contribution is -2.46. The second-order valence-corrected chi connectivity index (χ2v) is 5.82. The van der Waals surface area contributed by atoms with Gasteiger partial charge in [0.1, 0.15) is 0 Å². The van der Waals surface area contributed by atoms with Gasteiger partial charge in [-0.05, 0) is 37.5 Å². The van der Waals surface area contributed by atoms with E-state index < -0.39 is 0 Å². The van der Waals surface area contributed by atoms with Gasteiger partial charge in [0.2, 0.25) is 0 Å². The summed E-state index contributed by atoms with van der Waals surface area (Å²) in [5.74, 6) is 5.68. The molecule has 1 rings (SSSR count). The van der Waals surface area contributed by atoms with Crippen LogP contribution in [0.4, 0.5) is 0 Å². The maximum atomic E-state index is 6.25. The molecule has 0 aliphatic carbocycles. The van der Waals surface area contributed by atoms with Crippen LogP contribution in [0.15, 0.2) is 22.7 Å². The zero-order valence-corrected chi connectivity index (χ0v) is 13.8. The van der Waals surface area contributed by atoms with Crippen LogP contribution in [0.5, 0.6) is 0 Å². The second kappa shape index (κ2) is 8.93. The summed E-state index contributed by atoms with van der Waals surface area (Å²) in [5.41, 5.74) is 3.94. The van der Waals surface area contributed by atoms with Gasteiger partial charge in [0, 0.05) is 16.1 Å². The third kappa shape index (κ3) is 5.40. The van der Waals surface area contributed by atoms with Crippen molar-refractivity contribution in [1.82, 2.24) is 5.43 Å². The molecule has 0 fully saturated rings. The Labute approximate surface area is 128 Å². The number of ether oxygens (including phenoxy) is 1. The number of nitrogens with one attached hydrogen (secondary N) is 1. The fourth-order valence-electron chi connectivity index (χ4n) is 2.12. The highest BCUT2D eigenvalue weighted by molar-refractivity contribution is 9.10. The first-order valence-corrected chi connectivity index (χ1v) is 7.81. The van der Waals surface area contributed by atoms with E-state index in [9.17, 15) is 0 Å². The molecule has 1 aromatic rings. The molecule has 0 aliphatic rings. The molecule has 0 bridgehead atoms. The van der Waals surface area contributed by atoms with Crippen LogP contribution in [0.3, 0.4) is 0 Å². The summed E-state index contributed by atoms with van der Waals surface area (Å²) in [6.07, 6.45) is 2.92. The first kappa shape index (κ1) is 16.9. The molecule has 2 atom stereocenters. The molecule has 0 radical (unpaired) electrons. The number of halogens is 2. The number of hydrogen-bond acceptors (Lipinski definition) is 3. The summed E-state index contributed by atoms with van der Waals surface area (Å²) < 4.78 is 6.76. The van der Waals surface area contributed by atoms with Crippen LogP contribution in [0.2, 0.25) is 5.02 Å². The van der Waals surface area contributed by atoms with Crippen molar-refractivity contribution in [2.75, 3.05) is 6.61 Å². The predicted molar refractivity (Wildman–Crippen MR) is 84.3 cm³/mol. The van der Waals surface area contributed by atoms with E-state index in [-0.39, 0.29) is 12.1 Å². The average molecular weight is 350 g/mol. The number of rotatable bonds is 8. The van der Waals surface area contributed by atoms with Gasteiger partial charge in [-0.2, -0.15) is 0 Å². The van der Waals surface area contributed by atoms with E-state index in [4.69, 9.17) is 22.2 Å². The summed E-state index contributed by atoms with van der Waals surface area (Å²) in [6.45, 7) is 4.84. The Morgan fingerprint density at radius 1 is 1.42 bits per heavy atom. The molecule has 1 aromatic carbocycles. The van der Waals surface area contributed by atoms with Gasteiger partial charge in [-0.25, -0.2) is 0 Å². The molecule has 0 saturated heterocycles. The molecule has 0 saturated carbocycles. The monoisotopic (exact) mass is 348 g/mol. The summed E-state index contributed by atoms with van der Waals surface area (Å²) in [5, 5.41) is 0.751. The first-order valence-electron chi connectivity index (χ1n) is 6.64.